The minimum absolute atomic E-state index is 0.00326. The van der Waals surface area contributed by atoms with Gasteiger partial charge >= 0.3 is 5.69 Å². The number of carbonyl (C=O) groups is 1. The number of rotatable bonds is 12. The van der Waals surface area contributed by atoms with E-state index < -0.39 is 54.1 Å². The molecule has 3 aromatic carbocycles. The Hall–Kier alpha value is -4.52. The Morgan fingerprint density at radius 3 is 2.35 bits per heavy atom. The van der Waals surface area contributed by atoms with Crippen LogP contribution in [0.5, 0.6) is 17.2 Å². The van der Waals surface area contributed by atoms with Gasteiger partial charge in [0.05, 0.1) is 24.6 Å². The van der Waals surface area contributed by atoms with Crippen LogP contribution in [0, 0.1) is 11.6 Å². The van der Waals surface area contributed by atoms with Gasteiger partial charge in [-0.3, -0.25) is 18.7 Å². The first-order chi connectivity index (χ1) is 22.1. The van der Waals surface area contributed by atoms with Crippen LogP contribution in [-0.4, -0.2) is 60.1 Å². The van der Waals surface area contributed by atoms with Crippen molar-refractivity contribution < 1.29 is 36.6 Å². The highest BCUT2D eigenvalue weighted by Crippen LogP contribution is 2.31. The zero-order valence-corrected chi connectivity index (χ0v) is 25.4. The molecule has 2 heterocycles. The summed E-state index contributed by atoms with van der Waals surface area (Å²) in [5.41, 5.74) is -0.514. The SMILES string of the molecule is COc1cc(Cn2c(=O)c3cc(OC(CF)CF)c(F)cc3n(C3CCN(C=O)CC3)c2=O)ccc1OCc1cc(F)cc(Cl)c1. The van der Waals surface area contributed by atoms with E-state index in [1.807, 2.05) is 0 Å². The van der Waals surface area contributed by atoms with Gasteiger partial charge in [0.1, 0.15) is 25.8 Å². The zero-order valence-electron chi connectivity index (χ0n) is 24.7. The van der Waals surface area contributed by atoms with Gasteiger partial charge in [-0.25, -0.2) is 22.4 Å². The number of hydrogen-bond acceptors (Lipinski definition) is 6. The summed E-state index contributed by atoms with van der Waals surface area (Å²) < 4.78 is 74.0. The Kier molecular flexibility index (Phi) is 10.2. The first-order valence-corrected chi connectivity index (χ1v) is 14.7. The second-order valence-electron chi connectivity index (χ2n) is 10.8. The summed E-state index contributed by atoms with van der Waals surface area (Å²) in [6.45, 7) is -1.98. The molecule has 14 heteroatoms. The molecule has 0 saturated carbocycles. The molecule has 1 aliphatic heterocycles. The van der Waals surface area contributed by atoms with Gasteiger partial charge in [0.2, 0.25) is 6.41 Å². The van der Waals surface area contributed by atoms with Crippen molar-refractivity contribution >= 4 is 28.9 Å². The van der Waals surface area contributed by atoms with Crippen molar-refractivity contribution in [1.82, 2.24) is 14.0 Å². The fraction of sp³-hybridized carbons (Fsp3) is 0.344. The Bertz CT molecular complexity index is 1830. The molecule has 1 aromatic heterocycles. The van der Waals surface area contributed by atoms with Crippen LogP contribution in [0.1, 0.15) is 30.0 Å². The summed E-state index contributed by atoms with van der Waals surface area (Å²) in [5, 5.41) is 0.124. The summed E-state index contributed by atoms with van der Waals surface area (Å²) in [4.78, 5) is 40.6. The van der Waals surface area contributed by atoms with E-state index in [1.54, 1.807) is 29.2 Å². The van der Waals surface area contributed by atoms with Crippen LogP contribution in [-0.2, 0) is 17.9 Å². The van der Waals surface area contributed by atoms with E-state index in [9.17, 15) is 27.6 Å². The Morgan fingerprint density at radius 2 is 1.70 bits per heavy atom. The standard InChI is InChI=1S/C32H30ClF4N3O6/c1-44-30-10-19(2-3-28(30)45-17-20-8-21(33)11-22(36)9-20)16-39-31(42)25-12-29(46-24(14-34)15-35)26(37)13-27(25)40(32(39)43)23-4-6-38(18-41)7-5-23/h2-3,8-13,18,23-24H,4-7,14-17H2,1H3. The molecule has 244 valence electrons. The Morgan fingerprint density at radius 1 is 0.957 bits per heavy atom. The molecule has 0 spiro atoms. The number of alkyl halides is 2. The van der Waals surface area contributed by atoms with Crippen LogP contribution < -0.4 is 25.5 Å². The number of ether oxygens (including phenoxy) is 3. The minimum atomic E-state index is -1.57. The van der Waals surface area contributed by atoms with E-state index >= 15 is 4.39 Å². The zero-order chi connectivity index (χ0) is 33.0. The van der Waals surface area contributed by atoms with Crippen molar-refractivity contribution in [2.24, 2.45) is 0 Å². The molecular formula is C32H30ClF4N3O6. The topological polar surface area (TPSA) is 92.0 Å². The van der Waals surface area contributed by atoms with Crippen LogP contribution in [0.25, 0.3) is 10.9 Å². The van der Waals surface area contributed by atoms with Crippen LogP contribution >= 0.6 is 11.6 Å². The van der Waals surface area contributed by atoms with Crippen molar-refractivity contribution in [3.8, 4) is 17.2 Å². The number of hydrogen-bond donors (Lipinski definition) is 0. The molecule has 0 unspecified atom stereocenters. The lowest BCUT2D eigenvalue weighted by molar-refractivity contribution is -0.119. The van der Waals surface area contributed by atoms with Crippen molar-refractivity contribution in [2.45, 2.75) is 38.1 Å². The molecule has 4 aromatic rings. The highest BCUT2D eigenvalue weighted by molar-refractivity contribution is 6.30. The molecule has 1 aliphatic rings. The Balaban J connectivity index is 1.54. The summed E-state index contributed by atoms with van der Waals surface area (Å²) >= 11 is 5.93. The monoisotopic (exact) mass is 663 g/mol. The highest BCUT2D eigenvalue weighted by atomic mass is 35.5. The molecule has 46 heavy (non-hydrogen) atoms. The molecule has 0 atom stereocenters. The van der Waals surface area contributed by atoms with Gasteiger partial charge < -0.3 is 19.1 Å². The fourth-order valence-electron chi connectivity index (χ4n) is 5.46. The number of methoxy groups -OCH3 is 1. The lowest BCUT2D eigenvalue weighted by Gasteiger charge is -2.31. The number of likely N-dealkylation sites (tertiary alicyclic amines) is 1. The van der Waals surface area contributed by atoms with Gasteiger partial charge in [-0.1, -0.05) is 17.7 Å². The van der Waals surface area contributed by atoms with E-state index in [2.05, 4.69) is 0 Å². The second kappa shape index (κ2) is 14.3. The number of halogens is 5. The third-order valence-electron chi connectivity index (χ3n) is 7.76. The van der Waals surface area contributed by atoms with Gasteiger partial charge in [0.25, 0.3) is 5.56 Å². The number of amides is 1. The van der Waals surface area contributed by atoms with Crippen molar-refractivity contribution in [2.75, 3.05) is 33.5 Å². The van der Waals surface area contributed by atoms with Gasteiger partial charge in [-0.15, -0.1) is 0 Å². The van der Waals surface area contributed by atoms with Crippen LogP contribution in [0.4, 0.5) is 17.6 Å². The van der Waals surface area contributed by atoms with E-state index in [4.69, 9.17) is 25.8 Å². The summed E-state index contributed by atoms with van der Waals surface area (Å²) in [5.74, 6) is -1.45. The van der Waals surface area contributed by atoms with E-state index in [1.165, 1.54) is 23.8 Å². The van der Waals surface area contributed by atoms with Crippen molar-refractivity contribution in [1.29, 1.82) is 0 Å². The number of fused-ring (bicyclic) bond motifs is 1. The minimum Gasteiger partial charge on any atom is -0.493 e. The van der Waals surface area contributed by atoms with E-state index in [-0.39, 0.29) is 34.8 Å². The van der Waals surface area contributed by atoms with E-state index in [0.29, 0.717) is 49.2 Å². The Labute approximate surface area is 265 Å². The van der Waals surface area contributed by atoms with E-state index in [0.717, 1.165) is 16.7 Å². The number of nitrogens with zero attached hydrogens (tertiary/aromatic N) is 3. The maximum atomic E-state index is 15.2. The van der Waals surface area contributed by atoms with Crippen molar-refractivity contribution in [3.05, 3.63) is 97.2 Å². The lowest BCUT2D eigenvalue weighted by atomic mass is 10.0. The highest BCUT2D eigenvalue weighted by Gasteiger charge is 2.26. The maximum Gasteiger partial charge on any atom is 0.332 e. The van der Waals surface area contributed by atoms with Gasteiger partial charge in [0.15, 0.2) is 29.2 Å². The third-order valence-corrected chi connectivity index (χ3v) is 7.98. The first kappa shape index (κ1) is 32.9. The molecule has 0 N–H and O–H groups in total. The largest absolute Gasteiger partial charge is 0.493 e. The van der Waals surface area contributed by atoms with Crippen LogP contribution in [0.3, 0.4) is 0 Å². The van der Waals surface area contributed by atoms with Gasteiger partial charge in [-0.05, 0) is 60.4 Å². The lowest BCUT2D eigenvalue weighted by Crippen LogP contribution is -2.44. The number of piperidine rings is 1. The molecule has 0 bridgehead atoms. The third kappa shape index (κ3) is 6.99. The first-order valence-electron chi connectivity index (χ1n) is 14.4. The molecule has 9 nitrogen and oxygen atoms in total. The quantitative estimate of drug-likeness (QED) is 0.153. The van der Waals surface area contributed by atoms with Crippen LogP contribution in [0.2, 0.25) is 5.02 Å². The molecule has 0 aliphatic carbocycles. The molecule has 0 radical (unpaired) electrons. The molecule has 1 amide bonds. The summed E-state index contributed by atoms with van der Waals surface area (Å²) in [6.07, 6.45) is -0.123. The predicted molar refractivity (Wildman–Crippen MR) is 163 cm³/mol. The fourth-order valence-corrected chi connectivity index (χ4v) is 5.71. The number of aromatic nitrogens is 2. The second-order valence-corrected chi connectivity index (χ2v) is 11.3. The summed E-state index contributed by atoms with van der Waals surface area (Å²) in [7, 11) is 1.41. The average molecular weight is 664 g/mol. The molecule has 5 rings (SSSR count). The molecule has 1 fully saturated rings. The van der Waals surface area contributed by atoms with Gasteiger partial charge in [0, 0.05) is 30.2 Å². The predicted octanol–water partition coefficient (Wildman–Crippen LogP) is 5.21. The number of carbonyl (C=O) groups excluding carboxylic acids is 1. The van der Waals surface area contributed by atoms with Gasteiger partial charge in [-0.2, -0.15) is 0 Å². The number of benzene rings is 3. The molecular weight excluding hydrogens is 634 g/mol. The van der Waals surface area contributed by atoms with Crippen molar-refractivity contribution in [3.63, 3.8) is 0 Å². The molecule has 1 saturated heterocycles. The maximum absolute atomic E-state index is 15.2. The average Bonchev–Trinajstić information content (AvgIpc) is 3.05. The smallest absolute Gasteiger partial charge is 0.332 e. The van der Waals surface area contributed by atoms with Crippen LogP contribution in [0.15, 0.2) is 58.1 Å². The summed E-state index contributed by atoms with van der Waals surface area (Å²) in [6, 6.07) is 10.3. The normalized spacial score (nSPS) is 13.8.